The number of nitrogens with zero attached hydrogens (tertiary/aromatic N) is 3. The normalized spacial score (nSPS) is 27.3. The topological polar surface area (TPSA) is 117 Å². The van der Waals surface area contributed by atoms with Gasteiger partial charge in [-0.3, -0.25) is 19.6 Å². The highest BCUT2D eigenvalue weighted by molar-refractivity contribution is 6.03. The largest absolute Gasteiger partial charge is 0.465 e. The van der Waals surface area contributed by atoms with Crippen molar-refractivity contribution in [1.82, 2.24) is 20.0 Å². The summed E-state index contributed by atoms with van der Waals surface area (Å²) < 4.78 is 1.82. The molecular formula is C23H29N5O4. The molecule has 3 N–H and O–H groups in total. The summed E-state index contributed by atoms with van der Waals surface area (Å²) in [6.07, 6.45) is 3.00. The van der Waals surface area contributed by atoms with E-state index in [1.54, 1.807) is 0 Å². The number of likely N-dealkylation sites (tertiary alicyclic amines) is 1. The fourth-order valence-electron chi connectivity index (χ4n) is 5.97. The molecule has 5 rings (SSSR count). The number of aromatic nitrogens is 2. The highest BCUT2D eigenvalue weighted by atomic mass is 16.4. The Morgan fingerprint density at radius 1 is 1.28 bits per heavy atom. The van der Waals surface area contributed by atoms with Crippen molar-refractivity contribution >= 4 is 34.5 Å². The lowest BCUT2D eigenvalue weighted by atomic mass is 9.64. The number of carbonyl (C=O) groups excluding carboxylic acids is 2. The van der Waals surface area contributed by atoms with Gasteiger partial charge >= 0.3 is 6.09 Å². The van der Waals surface area contributed by atoms with Crippen molar-refractivity contribution < 1.29 is 19.5 Å². The van der Waals surface area contributed by atoms with E-state index in [2.05, 4.69) is 22.7 Å². The van der Waals surface area contributed by atoms with E-state index in [4.69, 9.17) is 0 Å². The molecule has 170 valence electrons. The molecule has 1 spiro atoms. The number of aryl methyl sites for hydroxylation is 1. The molecule has 2 aliphatic heterocycles. The molecule has 32 heavy (non-hydrogen) atoms. The van der Waals surface area contributed by atoms with Crippen LogP contribution in [-0.2, 0) is 16.6 Å². The lowest BCUT2D eigenvalue weighted by Crippen LogP contribution is -2.61. The van der Waals surface area contributed by atoms with Crippen LogP contribution in [0.1, 0.15) is 50.6 Å². The first kappa shape index (κ1) is 20.8. The minimum atomic E-state index is -0.821. The first-order valence-corrected chi connectivity index (χ1v) is 11.3. The van der Waals surface area contributed by atoms with Crippen LogP contribution in [-0.4, -0.2) is 56.8 Å². The smallest absolute Gasteiger partial charge is 0.407 e. The van der Waals surface area contributed by atoms with E-state index in [1.165, 1.54) is 4.90 Å². The second kappa shape index (κ2) is 7.50. The van der Waals surface area contributed by atoms with Gasteiger partial charge in [-0.1, -0.05) is 19.1 Å². The number of fused-ring (bicyclic) bond motifs is 1. The van der Waals surface area contributed by atoms with Crippen molar-refractivity contribution in [3.8, 4) is 0 Å². The summed E-state index contributed by atoms with van der Waals surface area (Å²) in [7, 11) is 1.89. The Labute approximate surface area is 186 Å². The number of piperidine rings is 1. The average molecular weight is 440 g/mol. The maximum absolute atomic E-state index is 12.4. The Morgan fingerprint density at radius 3 is 2.75 bits per heavy atom. The SMILES string of the molecule is C[C@H]1CC2(CC[C@@H]1Nc1cccc3c(C4CCC(=O)NC4=O)nn(C)c13)CN(C(=O)O)C2. The number of carbonyl (C=O) groups is 3. The minimum Gasteiger partial charge on any atom is -0.465 e. The quantitative estimate of drug-likeness (QED) is 0.633. The molecule has 2 saturated heterocycles. The van der Waals surface area contributed by atoms with Gasteiger partial charge in [0.1, 0.15) is 0 Å². The van der Waals surface area contributed by atoms with Gasteiger partial charge in [-0.05, 0) is 37.7 Å². The second-order valence-corrected chi connectivity index (χ2v) is 9.82. The number of benzene rings is 1. The van der Waals surface area contributed by atoms with Crippen molar-refractivity contribution in [2.24, 2.45) is 18.4 Å². The van der Waals surface area contributed by atoms with E-state index in [0.717, 1.165) is 41.5 Å². The number of nitrogens with one attached hydrogen (secondary N) is 2. The van der Waals surface area contributed by atoms with E-state index in [1.807, 2.05) is 29.9 Å². The summed E-state index contributed by atoms with van der Waals surface area (Å²) >= 11 is 0. The van der Waals surface area contributed by atoms with Gasteiger partial charge in [-0.15, -0.1) is 0 Å². The summed E-state index contributed by atoms with van der Waals surface area (Å²) in [5.74, 6) is -0.508. The van der Waals surface area contributed by atoms with E-state index >= 15 is 0 Å². The summed E-state index contributed by atoms with van der Waals surface area (Å²) in [6.45, 7) is 3.53. The number of hydrogen-bond donors (Lipinski definition) is 3. The van der Waals surface area contributed by atoms with Gasteiger partial charge in [-0.25, -0.2) is 4.79 Å². The third kappa shape index (κ3) is 3.40. The number of anilines is 1. The summed E-state index contributed by atoms with van der Waals surface area (Å²) in [5, 5.41) is 20.9. The van der Waals surface area contributed by atoms with Gasteiger partial charge in [0.2, 0.25) is 11.8 Å². The van der Waals surface area contributed by atoms with E-state index in [9.17, 15) is 19.5 Å². The first-order chi connectivity index (χ1) is 15.3. The summed E-state index contributed by atoms with van der Waals surface area (Å²) in [6, 6.07) is 6.30. The molecule has 9 heteroatoms. The van der Waals surface area contributed by atoms with Gasteiger partial charge in [0.05, 0.1) is 22.8 Å². The molecule has 3 fully saturated rings. The zero-order chi connectivity index (χ0) is 22.6. The molecule has 1 aromatic carbocycles. The van der Waals surface area contributed by atoms with Crippen LogP contribution in [0.25, 0.3) is 10.9 Å². The van der Waals surface area contributed by atoms with Crippen molar-refractivity contribution in [3.63, 3.8) is 0 Å². The van der Waals surface area contributed by atoms with Crippen LogP contribution in [0.4, 0.5) is 10.5 Å². The van der Waals surface area contributed by atoms with Crippen molar-refractivity contribution in [1.29, 1.82) is 0 Å². The predicted molar refractivity (Wildman–Crippen MR) is 118 cm³/mol. The molecule has 3 aliphatic rings. The monoisotopic (exact) mass is 439 g/mol. The van der Waals surface area contributed by atoms with Crippen molar-refractivity contribution in [2.75, 3.05) is 18.4 Å². The molecule has 1 saturated carbocycles. The predicted octanol–water partition coefficient (Wildman–Crippen LogP) is 2.67. The van der Waals surface area contributed by atoms with Gasteiger partial charge in [-0.2, -0.15) is 5.10 Å². The fraction of sp³-hybridized carbons (Fsp3) is 0.565. The van der Waals surface area contributed by atoms with Crippen LogP contribution < -0.4 is 10.6 Å². The maximum atomic E-state index is 12.4. The number of hydrogen-bond acceptors (Lipinski definition) is 5. The van der Waals surface area contributed by atoms with E-state index in [-0.39, 0.29) is 17.2 Å². The van der Waals surface area contributed by atoms with E-state index in [0.29, 0.717) is 37.9 Å². The molecule has 3 amide bonds. The van der Waals surface area contributed by atoms with Gasteiger partial charge in [0.25, 0.3) is 0 Å². The molecule has 9 nitrogen and oxygen atoms in total. The highest BCUT2D eigenvalue weighted by Gasteiger charge is 2.49. The highest BCUT2D eigenvalue weighted by Crippen LogP contribution is 2.47. The van der Waals surface area contributed by atoms with Crippen LogP contribution in [0.3, 0.4) is 0 Å². The number of imide groups is 1. The Bertz CT molecular complexity index is 1100. The molecule has 3 atom stereocenters. The molecule has 3 heterocycles. The number of rotatable bonds is 3. The molecule has 0 radical (unpaired) electrons. The summed E-state index contributed by atoms with van der Waals surface area (Å²) in [5.41, 5.74) is 2.80. The standard InChI is InChI=1S/C23H29N5O4/c1-13-10-23(11-28(12-23)22(31)32)9-8-16(13)24-17-5-3-4-14-19(26-27(2)20(14)17)15-6-7-18(29)25-21(15)30/h3-5,13,15-16,24H,6-12H2,1-2H3,(H,31,32)(H,25,29,30)/t13-,15?,16-/m0/s1. The Morgan fingerprint density at radius 2 is 2.06 bits per heavy atom. The van der Waals surface area contributed by atoms with Crippen molar-refractivity contribution in [3.05, 3.63) is 23.9 Å². The molecule has 1 unspecified atom stereocenters. The molecular weight excluding hydrogens is 410 g/mol. The first-order valence-electron chi connectivity index (χ1n) is 11.3. The molecule has 1 aromatic heterocycles. The Kier molecular flexibility index (Phi) is 4.87. The molecule has 2 aromatic rings. The Hall–Kier alpha value is -3.10. The van der Waals surface area contributed by atoms with Crippen LogP contribution in [0.2, 0.25) is 0 Å². The van der Waals surface area contributed by atoms with Crippen molar-refractivity contribution in [2.45, 2.75) is 51.0 Å². The average Bonchev–Trinajstić information content (AvgIpc) is 3.05. The third-order valence-electron chi connectivity index (χ3n) is 7.55. The van der Waals surface area contributed by atoms with Crippen LogP contribution in [0.5, 0.6) is 0 Å². The van der Waals surface area contributed by atoms with Gasteiger partial charge < -0.3 is 15.3 Å². The minimum absolute atomic E-state index is 0.132. The van der Waals surface area contributed by atoms with Crippen LogP contribution >= 0.6 is 0 Å². The van der Waals surface area contributed by atoms with E-state index < -0.39 is 12.0 Å². The number of para-hydroxylation sites is 1. The van der Waals surface area contributed by atoms with Gasteiger partial charge in [0, 0.05) is 43.4 Å². The lowest BCUT2D eigenvalue weighted by molar-refractivity contribution is -0.134. The zero-order valence-corrected chi connectivity index (χ0v) is 18.4. The Balaban J connectivity index is 1.36. The fourth-order valence-corrected chi connectivity index (χ4v) is 5.97. The number of carboxylic acid groups (broad SMARTS) is 1. The molecule has 0 bridgehead atoms. The third-order valence-corrected chi connectivity index (χ3v) is 7.55. The van der Waals surface area contributed by atoms with Crippen LogP contribution in [0, 0.1) is 11.3 Å². The maximum Gasteiger partial charge on any atom is 0.407 e. The lowest BCUT2D eigenvalue weighted by Gasteiger charge is -2.54. The zero-order valence-electron chi connectivity index (χ0n) is 18.4. The van der Waals surface area contributed by atoms with Crippen LogP contribution in [0.15, 0.2) is 18.2 Å². The number of amides is 3. The molecule has 1 aliphatic carbocycles. The van der Waals surface area contributed by atoms with Gasteiger partial charge in [0.15, 0.2) is 0 Å². The second-order valence-electron chi connectivity index (χ2n) is 9.82. The summed E-state index contributed by atoms with van der Waals surface area (Å²) in [4.78, 5) is 36.6.